The first-order chi connectivity index (χ1) is 15.0. The Bertz CT molecular complexity index is 1550. The minimum Gasteiger partial charge on any atom is -0.458 e. The molecule has 148 valence electrons. The molecule has 3 heteroatoms. The highest BCUT2D eigenvalue weighted by Gasteiger charge is 2.40. The van der Waals surface area contributed by atoms with E-state index < -0.39 is 0 Å². The highest BCUT2D eigenvalue weighted by Crippen LogP contribution is 2.42. The Balaban J connectivity index is 1.65. The maximum absolute atomic E-state index is 6.55. The van der Waals surface area contributed by atoms with Crippen LogP contribution >= 0.6 is 0 Å². The summed E-state index contributed by atoms with van der Waals surface area (Å²) in [6, 6.07) is 28.8. The van der Waals surface area contributed by atoms with Crippen molar-refractivity contribution in [2.24, 2.45) is 0 Å². The zero-order chi connectivity index (χ0) is 20.9. The van der Waals surface area contributed by atoms with Crippen LogP contribution in [0.2, 0.25) is 0 Å². The van der Waals surface area contributed by atoms with E-state index in [4.69, 9.17) is 4.74 Å². The molecular weight excluding hydrogens is 377 g/mol. The predicted octanol–water partition coefficient (Wildman–Crippen LogP) is 5.83. The van der Waals surface area contributed by atoms with Crippen molar-refractivity contribution in [1.82, 2.24) is 4.48 Å². The molecule has 0 atom stereocenters. The van der Waals surface area contributed by atoms with Crippen molar-refractivity contribution in [3.05, 3.63) is 84.4 Å². The fraction of sp³-hybridized carbons (Fsp3) is 0.143. The van der Waals surface area contributed by atoms with Crippen LogP contribution in [-0.4, -0.2) is 11.3 Å². The van der Waals surface area contributed by atoms with E-state index in [9.17, 15) is 0 Å². The Morgan fingerprint density at radius 1 is 0.742 bits per heavy atom. The second kappa shape index (κ2) is 5.61. The lowest BCUT2D eigenvalue weighted by molar-refractivity contribution is 0.483. The molecule has 0 saturated heterocycles. The minimum atomic E-state index is 0.0765. The van der Waals surface area contributed by atoms with E-state index in [2.05, 4.69) is 104 Å². The standard InChI is InChI=1S/C28H22BNO/c1-28(2,3)17-14-15-22-25(16-17)31-24-13-7-9-19-21-11-6-10-20-18-8-4-5-12-23(18)30(27(20)21)29(22)26(19)24/h4-16H,1-3H3. The lowest BCUT2D eigenvalue weighted by atomic mass is 9.46. The van der Waals surface area contributed by atoms with E-state index >= 15 is 0 Å². The van der Waals surface area contributed by atoms with Gasteiger partial charge in [-0.1, -0.05) is 81.4 Å². The lowest BCUT2D eigenvalue weighted by Gasteiger charge is -2.34. The molecule has 0 saturated carbocycles. The average molecular weight is 399 g/mol. The summed E-state index contributed by atoms with van der Waals surface area (Å²) in [5.41, 5.74) is 9.07. The maximum atomic E-state index is 6.55. The Morgan fingerprint density at radius 3 is 2.39 bits per heavy atom. The van der Waals surface area contributed by atoms with Crippen molar-refractivity contribution in [2.45, 2.75) is 26.2 Å². The van der Waals surface area contributed by atoms with E-state index in [0.29, 0.717) is 0 Å². The molecule has 31 heavy (non-hydrogen) atoms. The third kappa shape index (κ3) is 2.14. The van der Waals surface area contributed by atoms with Gasteiger partial charge in [0.25, 0.3) is 0 Å². The number of nitrogens with zero attached hydrogens (tertiary/aromatic N) is 1. The van der Waals surface area contributed by atoms with Crippen LogP contribution in [0.25, 0.3) is 32.9 Å². The summed E-state index contributed by atoms with van der Waals surface area (Å²) in [5, 5.41) is 2.64. The number of fused-ring (bicyclic) bond motifs is 7. The molecule has 2 aliphatic heterocycles. The minimum absolute atomic E-state index is 0.0765. The van der Waals surface area contributed by atoms with Crippen molar-refractivity contribution in [3.8, 4) is 22.6 Å². The van der Waals surface area contributed by atoms with E-state index in [1.165, 1.54) is 49.4 Å². The molecule has 0 bridgehead atoms. The molecule has 0 radical (unpaired) electrons. The molecule has 7 rings (SSSR count). The van der Waals surface area contributed by atoms with Gasteiger partial charge >= 0.3 is 6.85 Å². The molecule has 5 aromatic rings. The molecule has 4 aromatic carbocycles. The second-order valence-corrected chi connectivity index (χ2v) is 9.81. The van der Waals surface area contributed by atoms with Gasteiger partial charge in [0.05, 0.1) is 0 Å². The van der Waals surface area contributed by atoms with E-state index in [1.54, 1.807) is 0 Å². The van der Waals surface area contributed by atoms with Gasteiger partial charge in [-0.15, -0.1) is 0 Å². The first kappa shape index (κ1) is 17.2. The zero-order valence-electron chi connectivity index (χ0n) is 17.9. The summed E-state index contributed by atoms with van der Waals surface area (Å²) in [6.45, 7) is 6.87. The molecule has 0 amide bonds. The van der Waals surface area contributed by atoms with E-state index in [0.717, 1.165) is 11.5 Å². The Labute approximate surface area is 182 Å². The summed E-state index contributed by atoms with van der Waals surface area (Å²) in [6.07, 6.45) is 0. The van der Waals surface area contributed by atoms with Crippen LogP contribution in [0, 0.1) is 0 Å². The largest absolute Gasteiger partial charge is 0.458 e. The molecule has 0 unspecified atom stereocenters. The van der Waals surface area contributed by atoms with Gasteiger partial charge in [0.15, 0.2) is 0 Å². The summed E-state index contributed by atoms with van der Waals surface area (Å²) < 4.78 is 9.09. The topological polar surface area (TPSA) is 14.2 Å². The predicted molar refractivity (Wildman–Crippen MR) is 131 cm³/mol. The van der Waals surface area contributed by atoms with Crippen LogP contribution in [0.4, 0.5) is 0 Å². The fourth-order valence-electron chi connectivity index (χ4n) is 5.55. The van der Waals surface area contributed by atoms with Gasteiger partial charge in [-0.3, -0.25) is 0 Å². The van der Waals surface area contributed by atoms with Gasteiger partial charge in [-0.2, -0.15) is 0 Å². The number of benzene rings is 4. The molecule has 2 nitrogen and oxygen atoms in total. The fourth-order valence-corrected chi connectivity index (χ4v) is 5.55. The Kier molecular flexibility index (Phi) is 3.12. The molecule has 0 spiro atoms. The van der Waals surface area contributed by atoms with Crippen LogP contribution in [0.15, 0.2) is 78.9 Å². The van der Waals surface area contributed by atoms with Gasteiger partial charge in [0.2, 0.25) is 0 Å². The number of aromatic nitrogens is 1. The molecular formula is C28H22BNO. The number of ether oxygens (including phenoxy) is 1. The van der Waals surface area contributed by atoms with Crippen LogP contribution in [0.3, 0.4) is 0 Å². The van der Waals surface area contributed by atoms with Gasteiger partial charge in [-0.05, 0) is 40.2 Å². The Morgan fingerprint density at radius 2 is 1.52 bits per heavy atom. The molecule has 0 aliphatic carbocycles. The van der Waals surface area contributed by atoms with Crippen molar-refractivity contribution in [1.29, 1.82) is 0 Å². The Hall–Kier alpha value is -3.46. The average Bonchev–Trinajstić information content (AvgIpc) is 3.11. The number of para-hydroxylation sites is 2. The van der Waals surface area contributed by atoms with Gasteiger partial charge in [0.1, 0.15) is 11.5 Å². The molecule has 2 aliphatic rings. The summed E-state index contributed by atoms with van der Waals surface area (Å²) in [7, 11) is 0. The smallest absolute Gasteiger partial charge is 0.336 e. The molecule has 3 heterocycles. The van der Waals surface area contributed by atoms with Gasteiger partial charge in [0, 0.05) is 32.8 Å². The van der Waals surface area contributed by atoms with Crippen molar-refractivity contribution in [2.75, 3.05) is 0 Å². The van der Waals surface area contributed by atoms with Crippen molar-refractivity contribution >= 4 is 39.6 Å². The van der Waals surface area contributed by atoms with E-state index in [1.807, 2.05) is 0 Å². The van der Waals surface area contributed by atoms with E-state index in [-0.39, 0.29) is 12.3 Å². The lowest BCUT2D eigenvalue weighted by Crippen LogP contribution is -2.54. The summed E-state index contributed by atoms with van der Waals surface area (Å²) in [5.74, 6) is 1.95. The summed E-state index contributed by atoms with van der Waals surface area (Å²) >= 11 is 0. The third-order valence-corrected chi connectivity index (χ3v) is 7.01. The van der Waals surface area contributed by atoms with Gasteiger partial charge < -0.3 is 9.21 Å². The monoisotopic (exact) mass is 399 g/mol. The van der Waals surface area contributed by atoms with Crippen LogP contribution < -0.4 is 15.7 Å². The molecule has 0 fully saturated rings. The first-order valence-electron chi connectivity index (χ1n) is 11.0. The zero-order valence-corrected chi connectivity index (χ0v) is 17.9. The number of rotatable bonds is 0. The highest BCUT2D eigenvalue weighted by molar-refractivity contribution is 6.88. The maximum Gasteiger partial charge on any atom is 0.336 e. The van der Waals surface area contributed by atoms with Crippen LogP contribution in [0.1, 0.15) is 26.3 Å². The number of hydrogen-bond donors (Lipinski definition) is 0. The number of hydrogen-bond acceptors (Lipinski definition) is 1. The second-order valence-electron chi connectivity index (χ2n) is 9.81. The quantitative estimate of drug-likeness (QED) is 0.293. The van der Waals surface area contributed by atoms with Gasteiger partial charge in [-0.25, -0.2) is 0 Å². The molecule has 0 N–H and O–H groups in total. The third-order valence-electron chi connectivity index (χ3n) is 7.01. The first-order valence-corrected chi connectivity index (χ1v) is 11.0. The SMILES string of the molecule is CC(C)(C)c1ccc2c(c1)Oc1cccc3c1B2n1c2ccccc2c2cccc-3c21. The van der Waals surface area contributed by atoms with Crippen LogP contribution in [0.5, 0.6) is 11.5 Å². The van der Waals surface area contributed by atoms with Crippen molar-refractivity contribution < 1.29 is 4.74 Å². The molecule has 1 aromatic heterocycles. The summed E-state index contributed by atoms with van der Waals surface area (Å²) in [4.78, 5) is 0. The van der Waals surface area contributed by atoms with Crippen molar-refractivity contribution in [3.63, 3.8) is 0 Å². The highest BCUT2D eigenvalue weighted by atomic mass is 16.5. The van der Waals surface area contributed by atoms with Crippen LogP contribution in [-0.2, 0) is 5.41 Å². The normalized spacial score (nSPS) is 13.8.